The Kier molecular flexibility index (Phi) is 3.37. The molecule has 14 heavy (non-hydrogen) atoms. The first-order chi connectivity index (χ1) is 6.40. The monoisotopic (exact) mass is 192 g/mol. The summed E-state index contributed by atoms with van der Waals surface area (Å²) in [6.45, 7) is 8.23. The number of ketones is 1. The van der Waals surface area contributed by atoms with Crippen molar-refractivity contribution in [2.75, 3.05) is 0 Å². The zero-order valence-electron chi connectivity index (χ0n) is 9.68. The summed E-state index contributed by atoms with van der Waals surface area (Å²) in [6, 6.07) is 0. The fourth-order valence-corrected chi connectivity index (χ4v) is 1.42. The van der Waals surface area contributed by atoms with Crippen LogP contribution in [-0.4, -0.2) is 5.78 Å². The van der Waals surface area contributed by atoms with Crippen LogP contribution in [0.2, 0.25) is 0 Å². The molecule has 0 N–H and O–H groups in total. The average Bonchev–Trinajstić information content (AvgIpc) is 2.82. The van der Waals surface area contributed by atoms with Gasteiger partial charge in [0.2, 0.25) is 0 Å². The van der Waals surface area contributed by atoms with Crippen LogP contribution >= 0.6 is 0 Å². The highest BCUT2D eigenvalue weighted by Crippen LogP contribution is 2.37. The van der Waals surface area contributed by atoms with Gasteiger partial charge in [0.25, 0.3) is 0 Å². The van der Waals surface area contributed by atoms with E-state index in [0.717, 1.165) is 0 Å². The predicted octanol–water partition coefficient (Wildman–Crippen LogP) is 3.04. The molecule has 1 heteroatoms. The van der Waals surface area contributed by atoms with Crippen molar-refractivity contribution in [3.63, 3.8) is 0 Å². The van der Waals surface area contributed by atoms with Crippen molar-refractivity contribution in [2.45, 2.75) is 47.0 Å². The van der Waals surface area contributed by atoms with Crippen LogP contribution in [0.3, 0.4) is 0 Å². The number of Topliss-reactive ketones (excluding diaryl/α,β-unsaturated/α-hetero) is 1. The Morgan fingerprint density at radius 3 is 2.43 bits per heavy atom. The topological polar surface area (TPSA) is 17.1 Å². The minimum atomic E-state index is 0.0170. The molecule has 1 aliphatic carbocycles. The van der Waals surface area contributed by atoms with E-state index in [1.165, 1.54) is 12.8 Å². The minimum Gasteiger partial charge on any atom is -0.298 e. The smallest absolute Gasteiger partial charge is 0.147 e. The van der Waals surface area contributed by atoms with Crippen LogP contribution in [-0.2, 0) is 4.79 Å². The van der Waals surface area contributed by atoms with E-state index >= 15 is 0 Å². The first-order valence-corrected chi connectivity index (χ1v) is 5.43. The van der Waals surface area contributed by atoms with Crippen molar-refractivity contribution in [1.82, 2.24) is 0 Å². The third-order valence-corrected chi connectivity index (χ3v) is 2.56. The van der Waals surface area contributed by atoms with Crippen molar-refractivity contribution in [2.24, 2.45) is 17.3 Å². The van der Waals surface area contributed by atoms with Gasteiger partial charge in [0.1, 0.15) is 5.78 Å². The van der Waals surface area contributed by atoms with Crippen LogP contribution in [0.1, 0.15) is 47.0 Å². The molecule has 1 unspecified atom stereocenters. The van der Waals surface area contributed by atoms with Crippen molar-refractivity contribution in [1.29, 1.82) is 0 Å². The quantitative estimate of drug-likeness (QED) is 0.628. The Labute approximate surface area is 87.3 Å². The summed E-state index contributed by atoms with van der Waals surface area (Å²) in [6.07, 6.45) is 2.91. The van der Waals surface area contributed by atoms with Crippen LogP contribution in [0.5, 0.6) is 0 Å². The number of hydrogen-bond acceptors (Lipinski definition) is 1. The lowest BCUT2D eigenvalue weighted by Gasteiger charge is -2.08. The van der Waals surface area contributed by atoms with Crippen molar-refractivity contribution in [3.8, 4) is 11.8 Å². The highest BCUT2D eigenvalue weighted by atomic mass is 16.1. The van der Waals surface area contributed by atoms with E-state index in [4.69, 9.17) is 0 Å². The molecule has 0 aromatic heterocycles. The standard InChI is InChI=1S/C13H20O/c1-10(11-7-8-11)12(14)6-5-9-13(2,3)4/h10-11H,6-8H2,1-4H3. The molecule has 0 heterocycles. The van der Waals surface area contributed by atoms with Crippen LogP contribution in [0, 0.1) is 29.1 Å². The number of carbonyl (C=O) groups excluding carboxylic acids is 1. The fraction of sp³-hybridized carbons (Fsp3) is 0.769. The molecule has 0 saturated heterocycles. The summed E-state index contributed by atoms with van der Waals surface area (Å²) >= 11 is 0. The lowest BCUT2D eigenvalue weighted by molar-refractivity contribution is -0.121. The third kappa shape index (κ3) is 3.96. The van der Waals surface area contributed by atoms with Gasteiger partial charge in [0.15, 0.2) is 0 Å². The van der Waals surface area contributed by atoms with E-state index in [-0.39, 0.29) is 11.3 Å². The Morgan fingerprint density at radius 1 is 1.43 bits per heavy atom. The first-order valence-electron chi connectivity index (χ1n) is 5.43. The molecule has 0 bridgehead atoms. The molecule has 1 fully saturated rings. The van der Waals surface area contributed by atoms with E-state index in [1.54, 1.807) is 0 Å². The molecule has 0 aromatic rings. The Bertz CT molecular complexity index is 268. The zero-order chi connectivity index (χ0) is 10.8. The average molecular weight is 192 g/mol. The van der Waals surface area contributed by atoms with Gasteiger partial charge in [-0.25, -0.2) is 0 Å². The van der Waals surface area contributed by atoms with E-state index < -0.39 is 0 Å². The zero-order valence-corrected chi connectivity index (χ0v) is 9.68. The molecule has 1 nitrogen and oxygen atoms in total. The molecule has 0 aliphatic heterocycles. The molecule has 0 aromatic carbocycles. The Morgan fingerprint density at radius 2 is 2.00 bits per heavy atom. The highest BCUT2D eigenvalue weighted by molar-refractivity contribution is 5.83. The van der Waals surface area contributed by atoms with Gasteiger partial charge in [-0.15, -0.1) is 0 Å². The Balaban J connectivity index is 2.36. The second kappa shape index (κ2) is 4.17. The van der Waals surface area contributed by atoms with Gasteiger partial charge >= 0.3 is 0 Å². The fourth-order valence-electron chi connectivity index (χ4n) is 1.42. The second-order valence-electron chi connectivity index (χ2n) is 5.32. The maximum atomic E-state index is 11.6. The lowest BCUT2D eigenvalue weighted by atomic mass is 9.95. The summed E-state index contributed by atoms with van der Waals surface area (Å²) in [5, 5.41) is 0. The van der Waals surface area contributed by atoms with E-state index in [1.807, 2.05) is 6.92 Å². The maximum absolute atomic E-state index is 11.6. The van der Waals surface area contributed by atoms with E-state index in [0.29, 0.717) is 18.1 Å². The maximum Gasteiger partial charge on any atom is 0.147 e. The van der Waals surface area contributed by atoms with Gasteiger partial charge < -0.3 is 0 Å². The molecule has 1 saturated carbocycles. The highest BCUT2D eigenvalue weighted by Gasteiger charge is 2.31. The van der Waals surface area contributed by atoms with Crippen molar-refractivity contribution in [3.05, 3.63) is 0 Å². The summed E-state index contributed by atoms with van der Waals surface area (Å²) < 4.78 is 0. The molecule has 0 spiro atoms. The van der Waals surface area contributed by atoms with Crippen LogP contribution in [0.15, 0.2) is 0 Å². The molecular formula is C13H20O. The first kappa shape index (κ1) is 11.3. The minimum absolute atomic E-state index is 0.0170. The van der Waals surface area contributed by atoms with Gasteiger partial charge in [-0.2, -0.15) is 0 Å². The summed E-state index contributed by atoms with van der Waals surface area (Å²) in [5.74, 6) is 7.31. The van der Waals surface area contributed by atoms with Crippen molar-refractivity contribution >= 4 is 5.78 Å². The summed E-state index contributed by atoms with van der Waals surface area (Å²) in [7, 11) is 0. The van der Waals surface area contributed by atoms with Gasteiger partial charge in [0.05, 0.1) is 6.42 Å². The molecule has 1 atom stereocenters. The molecule has 78 valence electrons. The molecule has 0 amide bonds. The molecule has 0 radical (unpaired) electrons. The van der Waals surface area contributed by atoms with Gasteiger partial charge in [-0.05, 0) is 39.5 Å². The molecule has 1 rings (SSSR count). The largest absolute Gasteiger partial charge is 0.298 e. The number of rotatable bonds is 3. The number of carbonyl (C=O) groups is 1. The van der Waals surface area contributed by atoms with Crippen LogP contribution in [0.4, 0.5) is 0 Å². The van der Waals surface area contributed by atoms with Gasteiger partial charge in [0, 0.05) is 11.3 Å². The Hall–Kier alpha value is -0.770. The van der Waals surface area contributed by atoms with Gasteiger partial charge in [-0.1, -0.05) is 18.8 Å². The molecule has 1 aliphatic rings. The predicted molar refractivity (Wildman–Crippen MR) is 58.7 cm³/mol. The van der Waals surface area contributed by atoms with Crippen LogP contribution in [0.25, 0.3) is 0 Å². The van der Waals surface area contributed by atoms with E-state index in [9.17, 15) is 4.79 Å². The normalized spacial score (nSPS) is 18.3. The number of hydrogen-bond donors (Lipinski definition) is 0. The van der Waals surface area contributed by atoms with Crippen molar-refractivity contribution < 1.29 is 4.79 Å². The summed E-state index contributed by atoms with van der Waals surface area (Å²) in [5.41, 5.74) is 0.0170. The molecular weight excluding hydrogens is 172 g/mol. The summed E-state index contributed by atoms with van der Waals surface area (Å²) in [4.78, 5) is 11.6. The second-order valence-corrected chi connectivity index (χ2v) is 5.32. The van der Waals surface area contributed by atoms with Crippen LogP contribution < -0.4 is 0 Å². The third-order valence-electron chi connectivity index (χ3n) is 2.56. The van der Waals surface area contributed by atoms with E-state index in [2.05, 4.69) is 32.6 Å². The van der Waals surface area contributed by atoms with Gasteiger partial charge in [-0.3, -0.25) is 4.79 Å². The lowest BCUT2D eigenvalue weighted by Crippen LogP contribution is -2.12. The SMILES string of the molecule is CC(C(=O)CC#CC(C)(C)C)C1CC1.